The number of hydrogen-bond acceptors (Lipinski definition) is 6. The highest BCUT2D eigenvalue weighted by atomic mass is 16.5. The number of ether oxygens (including phenoxy) is 2. The fourth-order valence-electron chi connectivity index (χ4n) is 3.93. The van der Waals surface area contributed by atoms with Crippen molar-refractivity contribution in [1.82, 2.24) is 4.90 Å². The molecule has 7 nitrogen and oxygen atoms in total. The predicted octanol–water partition coefficient (Wildman–Crippen LogP) is 3.97. The minimum absolute atomic E-state index is 0.00951. The van der Waals surface area contributed by atoms with Crippen molar-refractivity contribution in [3.8, 4) is 5.75 Å². The summed E-state index contributed by atoms with van der Waals surface area (Å²) in [6.07, 6.45) is 0. The highest BCUT2D eigenvalue weighted by Crippen LogP contribution is 2.40. The van der Waals surface area contributed by atoms with Gasteiger partial charge in [-0.25, -0.2) is 0 Å². The number of fused-ring (bicyclic) bond motifs is 1. The fourth-order valence-corrected chi connectivity index (χ4v) is 3.93. The Kier molecular flexibility index (Phi) is 5.52. The van der Waals surface area contributed by atoms with Crippen molar-refractivity contribution in [1.29, 1.82) is 0 Å². The van der Waals surface area contributed by atoms with Crippen LogP contribution in [0.15, 0.2) is 64.3 Å². The SMILES string of the molecule is COCCN1C(=O)C(O)=C(C(=O)c2cc3cccc(OC)c3o2)C1c1cccc(C)c1. The van der Waals surface area contributed by atoms with Gasteiger partial charge in [-0.15, -0.1) is 0 Å². The van der Waals surface area contributed by atoms with Gasteiger partial charge in [-0.05, 0) is 24.6 Å². The van der Waals surface area contributed by atoms with Gasteiger partial charge in [0.05, 0.1) is 25.3 Å². The van der Waals surface area contributed by atoms with Crippen molar-refractivity contribution in [3.63, 3.8) is 0 Å². The van der Waals surface area contributed by atoms with Crippen LogP contribution in [-0.4, -0.2) is 49.1 Å². The number of methoxy groups -OCH3 is 2. The number of amides is 1. The average Bonchev–Trinajstić information content (AvgIpc) is 3.31. The number of para-hydroxylation sites is 1. The molecule has 3 aromatic rings. The molecule has 4 rings (SSSR count). The second kappa shape index (κ2) is 8.28. The van der Waals surface area contributed by atoms with Gasteiger partial charge in [0.1, 0.15) is 0 Å². The Labute approximate surface area is 179 Å². The third-order valence-corrected chi connectivity index (χ3v) is 5.39. The molecule has 7 heteroatoms. The molecule has 0 spiro atoms. The normalized spacial score (nSPS) is 16.4. The van der Waals surface area contributed by atoms with Gasteiger partial charge >= 0.3 is 0 Å². The first-order valence-corrected chi connectivity index (χ1v) is 9.87. The van der Waals surface area contributed by atoms with E-state index in [1.165, 1.54) is 19.1 Å². The third kappa shape index (κ3) is 3.57. The summed E-state index contributed by atoms with van der Waals surface area (Å²) in [5, 5.41) is 11.4. The van der Waals surface area contributed by atoms with Crippen LogP contribution in [0.1, 0.15) is 27.7 Å². The molecule has 0 aliphatic carbocycles. The first kappa shape index (κ1) is 20.7. The number of hydrogen-bond donors (Lipinski definition) is 1. The number of ketones is 1. The Morgan fingerprint density at radius 2 is 1.94 bits per heavy atom. The van der Waals surface area contributed by atoms with Crippen LogP contribution in [0.2, 0.25) is 0 Å². The first-order valence-electron chi connectivity index (χ1n) is 9.87. The van der Waals surface area contributed by atoms with Gasteiger partial charge in [-0.2, -0.15) is 0 Å². The summed E-state index contributed by atoms with van der Waals surface area (Å²) in [4.78, 5) is 27.8. The molecule has 0 radical (unpaired) electrons. The van der Waals surface area contributed by atoms with Crippen LogP contribution in [0.25, 0.3) is 11.0 Å². The third-order valence-electron chi connectivity index (χ3n) is 5.39. The molecule has 0 bridgehead atoms. The lowest BCUT2D eigenvalue weighted by molar-refractivity contribution is -0.130. The number of carbonyl (C=O) groups is 2. The molecule has 1 aromatic heterocycles. The van der Waals surface area contributed by atoms with Crippen LogP contribution in [0.5, 0.6) is 5.75 Å². The zero-order valence-corrected chi connectivity index (χ0v) is 17.5. The van der Waals surface area contributed by atoms with E-state index in [2.05, 4.69) is 0 Å². The number of Topliss-reactive ketones (excluding diaryl/α,β-unsaturated/α-hetero) is 1. The van der Waals surface area contributed by atoms with Gasteiger partial charge < -0.3 is 23.9 Å². The molecule has 1 unspecified atom stereocenters. The summed E-state index contributed by atoms with van der Waals surface area (Å²) in [5.74, 6) is -1.20. The van der Waals surface area contributed by atoms with Crippen molar-refractivity contribution in [2.75, 3.05) is 27.4 Å². The fraction of sp³-hybridized carbons (Fsp3) is 0.250. The van der Waals surface area contributed by atoms with Crippen LogP contribution < -0.4 is 4.74 Å². The van der Waals surface area contributed by atoms with E-state index in [0.29, 0.717) is 16.7 Å². The van der Waals surface area contributed by atoms with Gasteiger partial charge in [-0.1, -0.05) is 42.0 Å². The Morgan fingerprint density at radius 3 is 2.65 bits per heavy atom. The Hall–Kier alpha value is -3.58. The molecule has 0 saturated carbocycles. The summed E-state index contributed by atoms with van der Waals surface area (Å²) in [6, 6.07) is 13.7. The smallest absolute Gasteiger partial charge is 0.290 e. The lowest BCUT2D eigenvalue weighted by Crippen LogP contribution is -2.34. The van der Waals surface area contributed by atoms with Crippen molar-refractivity contribution < 1.29 is 28.6 Å². The number of carbonyl (C=O) groups excluding carboxylic acids is 2. The van der Waals surface area contributed by atoms with Crippen molar-refractivity contribution in [3.05, 3.63) is 76.8 Å². The van der Waals surface area contributed by atoms with Gasteiger partial charge in [0.15, 0.2) is 22.9 Å². The first-order chi connectivity index (χ1) is 15.0. The zero-order chi connectivity index (χ0) is 22.1. The van der Waals surface area contributed by atoms with Gasteiger partial charge in [0.2, 0.25) is 5.78 Å². The Balaban J connectivity index is 1.82. The number of aliphatic hydroxyl groups is 1. The molecule has 1 aliphatic rings. The monoisotopic (exact) mass is 421 g/mol. The van der Waals surface area contributed by atoms with Crippen LogP contribution >= 0.6 is 0 Å². The second-order valence-electron chi connectivity index (χ2n) is 7.39. The topological polar surface area (TPSA) is 89.2 Å². The number of benzene rings is 2. The average molecular weight is 421 g/mol. The molecule has 160 valence electrons. The molecule has 0 fully saturated rings. The molecule has 1 N–H and O–H groups in total. The van der Waals surface area contributed by atoms with Crippen LogP contribution in [0.4, 0.5) is 0 Å². The summed E-state index contributed by atoms with van der Waals surface area (Å²) in [6.45, 7) is 2.42. The number of nitrogens with zero attached hydrogens (tertiary/aromatic N) is 1. The molecule has 2 heterocycles. The molecular formula is C24H23NO6. The van der Waals surface area contributed by atoms with Crippen LogP contribution in [0, 0.1) is 6.92 Å². The van der Waals surface area contributed by atoms with E-state index in [-0.39, 0.29) is 24.5 Å². The lowest BCUT2D eigenvalue weighted by atomic mass is 9.94. The van der Waals surface area contributed by atoms with E-state index in [4.69, 9.17) is 13.9 Å². The van der Waals surface area contributed by atoms with E-state index in [9.17, 15) is 14.7 Å². The molecule has 2 aromatic carbocycles. The predicted molar refractivity (Wildman–Crippen MR) is 114 cm³/mol. The van der Waals surface area contributed by atoms with Crippen molar-refractivity contribution in [2.24, 2.45) is 0 Å². The molecular weight excluding hydrogens is 398 g/mol. The van der Waals surface area contributed by atoms with Gasteiger partial charge in [-0.3, -0.25) is 9.59 Å². The zero-order valence-electron chi connectivity index (χ0n) is 17.5. The maximum absolute atomic E-state index is 13.5. The van der Waals surface area contributed by atoms with Gasteiger partial charge in [0.25, 0.3) is 5.91 Å². The summed E-state index contributed by atoms with van der Waals surface area (Å²) >= 11 is 0. The van der Waals surface area contributed by atoms with Crippen LogP contribution in [-0.2, 0) is 9.53 Å². The highest BCUT2D eigenvalue weighted by Gasteiger charge is 2.44. The Bertz CT molecular complexity index is 1190. The number of rotatable bonds is 7. The molecule has 1 amide bonds. The lowest BCUT2D eigenvalue weighted by Gasteiger charge is -2.26. The summed E-state index contributed by atoms with van der Waals surface area (Å²) in [7, 11) is 3.05. The van der Waals surface area contributed by atoms with E-state index in [1.54, 1.807) is 24.3 Å². The maximum Gasteiger partial charge on any atom is 0.290 e. The molecule has 0 saturated heterocycles. The molecule has 1 aliphatic heterocycles. The quantitative estimate of drug-likeness (QED) is 0.581. The number of furan rings is 1. The van der Waals surface area contributed by atoms with Gasteiger partial charge in [0, 0.05) is 19.0 Å². The van der Waals surface area contributed by atoms with Crippen molar-refractivity contribution >= 4 is 22.7 Å². The minimum atomic E-state index is -0.745. The molecule has 1 atom stereocenters. The Morgan fingerprint density at radius 1 is 1.16 bits per heavy atom. The summed E-state index contributed by atoms with van der Waals surface area (Å²) < 4.78 is 16.2. The minimum Gasteiger partial charge on any atom is -0.503 e. The molecule has 31 heavy (non-hydrogen) atoms. The van der Waals surface area contributed by atoms with E-state index in [1.807, 2.05) is 31.2 Å². The maximum atomic E-state index is 13.5. The number of aliphatic hydroxyl groups excluding tert-OH is 1. The highest BCUT2D eigenvalue weighted by molar-refractivity contribution is 6.16. The van der Waals surface area contributed by atoms with Crippen molar-refractivity contribution in [2.45, 2.75) is 13.0 Å². The van der Waals surface area contributed by atoms with E-state index < -0.39 is 23.5 Å². The standard InChI is InChI=1S/C24H23NO6/c1-14-6-4-7-15(12-14)20-19(22(27)24(28)25(20)10-11-29-2)21(26)18-13-16-8-5-9-17(30-3)23(16)31-18/h4-9,12-13,20,27H,10-11H2,1-3H3. The van der Waals surface area contributed by atoms with E-state index >= 15 is 0 Å². The summed E-state index contributed by atoms with van der Waals surface area (Å²) in [5.41, 5.74) is 2.12. The van der Waals surface area contributed by atoms with Crippen LogP contribution in [0.3, 0.4) is 0 Å². The van der Waals surface area contributed by atoms with E-state index in [0.717, 1.165) is 11.1 Å². The second-order valence-corrected chi connectivity index (χ2v) is 7.39. The number of aryl methyl sites for hydroxylation is 1. The largest absolute Gasteiger partial charge is 0.503 e.